The van der Waals surface area contributed by atoms with Gasteiger partial charge in [0.05, 0.1) is 0 Å². The van der Waals surface area contributed by atoms with Gasteiger partial charge in [-0.1, -0.05) is 6.92 Å². The Morgan fingerprint density at radius 2 is 2.06 bits per heavy atom. The first kappa shape index (κ1) is 11.3. The van der Waals surface area contributed by atoms with Crippen molar-refractivity contribution in [1.82, 2.24) is 15.3 Å². The number of aromatic nitrogens is 2. The molecule has 1 saturated carbocycles. The minimum absolute atomic E-state index is 0.670. The number of rotatable bonds is 6. The minimum Gasteiger partial charge on any atom is -0.341 e. The maximum absolute atomic E-state index is 4.39. The first-order chi connectivity index (χ1) is 7.81. The zero-order valence-electron chi connectivity index (χ0n) is 10.1. The van der Waals surface area contributed by atoms with Crippen LogP contribution in [0.4, 0.5) is 5.95 Å². The molecule has 2 rings (SSSR count). The summed E-state index contributed by atoms with van der Waals surface area (Å²) in [5.41, 5.74) is 1.15. The quantitative estimate of drug-likeness (QED) is 0.739. The summed E-state index contributed by atoms with van der Waals surface area (Å²) in [6.45, 7) is 4.07. The van der Waals surface area contributed by atoms with Crippen molar-refractivity contribution in [3.63, 3.8) is 0 Å². The highest BCUT2D eigenvalue weighted by Crippen LogP contribution is 2.27. The third-order valence-electron chi connectivity index (χ3n) is 2.86. The molecule has 1 N–H and O–H groups in total. The summed E-state index contributed by atoms with van der Waals surface area (Å²) in [5.74, 6) is 0.849. The van der Waals surface area contributed by atoms with E-state index in [-0.39, 0.29) is 0 Å². The molecule has 0 unspecified atom stereocenters. The fourth-order valence-electron chi connectivity index (χ4n) is 1.66. The van der Waals surface area contributed by atoms with Crippen LogP contribution >= 0.6 is 0 Å². The smallest absolute Gasteiger partial charge is 0.225 e. The Morgan fingerprint density at radius 1 is 1.38 bits per heavy atom. The zero-order valence-corrected chi connectivity index (χ0v) is 10.1. The van der Waals surface area contributed by atoms with Crippen molar-refractivity contribution in [2.75, 3.05) is 18.5 Å². The van der Waals surface area contributed by atoms with Crippen molar-refractivity contribution in [1.29, 1.82) is 0 Å². The van der Waals surface area contributed by atoms with Gasteiger partial charge in [0.1, 0.15) is 0 Å². The van der Waals surface area contributed by atoms with Crippen LogP contribution in [0.1, 0.15) is 31.7 Å². The molecule has 1 aliphatic carbocycles. The zero-order chi connectivity index (χ0) is 11.4. The van der Waals surface area contributed by atoms with E-state index < -0.39 is 0 Å². The Morgan fingerprint density at radius 3 is 2.62 bits per heavy atom. The lowest BCUT2D eigenvalue weighted by Gasteiger charge is -2.15. The van der Waals surface area contributed by atoms with Gasteiger partial charge in [-0.2, -0.15) is 0 Å². The maximum atomic E-state index is 4.39. The highest BCUT2D eigenvalue weighted by Gasteiger charge is 2.27. The van der Waals surface area contributed by atoms with E-state index in [1.165, 1.54) is 12.8 Å². The summed E-state index contributed by atoms with van der Waals surface area (Å²) in [7, 11) is 2.07. The van der Waals surface area contributed by atoms with Crippen LogP contribution in [-0.4, -0.2) is 29.6 Å². The second-order valence-corrected chi connectivity index (χ2v) is 4.41. The molecule has 0 saturated heterocycles. The summed E-state index contributed by atoms with van der Waals surface area (Å²) in [4.78, 5) is 11.0. The van der Waals surface area contributed by atoms with Gasteiger partial charge in [0.2, 0.25) is 5.95 Å². The van der Waals surface area contributed by atoms with Crippen molar-refractivity contribution in [3.05, 3.63) is 18.0 Å². The van der Waals surface area contributed by atoms with Crippen molar-refractivity contribution < 1.29 is 0 Å². The van der Waals surface area contributed by atoms with Gasteiger partial charge in [0, 0.05) is 37.6 Å². The summed E-state index contributed by atoms with van der Waals surface area (Å²) < 4.78 is 0. The molecule has 1 aromatic heterocycles. The molecule has 1 aliphatic rings. The number of anilines is 1. The molecule has 0 amide bonds. The topological polar surface area (TPSA) is 41.1 Å². The number of hydrogen-bond donors (Lipinski definition) is 1. The van der Waals surface area contributed by atoms with Crippen molar-refractivity contribution in [2.45, 2.75) is 38.8 Å². The summed E-state index contributed by atoms with van der Waals surface area (Å²) in [6.07, 6.45) is 7.55. The van der Waals surface area contributed by atoms with Gasteiger partial charge in [-0.25, -0.2) is 9.97 Å². The lowest BCUT2D eigenvalue weighted by atomic mass is 10.3. The van der Waals surface area contributed by atoms with Gasteiger partial charge >= 0.3 is 0 Å². The molecule has 4 nitrogen and oxygen atoms in total. The van der Waals surface area contributed by atoms with E-state index in [1.807, 2.05) is 12.4 Å². The Hall–Kier alpha value is -1.16. The third-order valence-corrected chi connectivity index (χ3v) is 2.86. The average Bonchev–Trinajstić information content (AvgIpc) is 3.13. The Bertz CT molecular complexity index is 318. The van der Waals surface area contributed by atoms with Gasteiger partial charge in [-0.3, -0.25) is 0 Å². The number of nitrogens with one attached hydrogen (secondary N) is 1. The highest BCUT2D eigenvalue weighted by molar-refractivity contribution is 5.32. The van der Waals surface area contributed by atoms with Crippen molar-refractivity contribution >= 4 is 5.95 Å². The second kappa shape index (κ2) is 5.25. The molecule has 0 aromatic carbocycles. The van der Waals surface area contributed by atoms with Gasteiger partial charge in [-0.15, -0.1) is 0 Å². The first-order valence-corrected chi connectivity index (χ1v) is 6.05. The third kappa shape index (κ3) is 2.92. The molecule has 0 bridgehead atoms. The molecular weight excluding hydrogens is 200 g/mol. The highest BCUT2D eigenvalue weighted by atomic mass is 15.3. The van der Waals surface area contributed by atoms with Crippen LogP contribution in [-0.2, 0) is 6.54 Å². The summed E-state index contributed by atoms with van der Waals surface area (Å²) in [5, 5.41) is 3.34. The fourth-order valence-corrected chi connectivity index (χ4v) is 1.66. The van der Waals surface area contributed by atoms with E-state index >= 15 is 0 Å². The molecular formula is C12H20N4. The molecule has 0 atom stereocenters. The van der Waals surface area contributed by atoms with E-state index in [2.05, 4.69) is 34.2 Å². The predicted molar refractivity (Wildman–Crippen MR) is 65.5 cm³/mol. The molecule has 0 radical (unpaired) electrons. The van der Waals surface area contributed by atoms with Crippen LogP contribution in [0.15, 0.2) is 12.4 Å². The minimum atomic E-state index is 0.670. The van der Waals surface area contributed by atoms with Crippen molar-refractivity contribution in [3.8, 4) is 0 Å². The number of hydrogen-bond acceptors (Lipinski definition) is 4. The van der Waals surface area contributed by atoms with Crippen LogP contribution in [0.25, 0.3) is 0 Å². The molecule has 1 aromatic rings. The Kier molecular flexibility index (Phi) is 3.72. The SMILES string of the molecule is CCCNCc1cnc(N(C)C2CC2)nc1. The predicted octanol–water partition coefficient (Wildman–Crippen LogP) is 1.57. The molecule has 4 heteroatoms. The van der Waals surface area contributed by atoms with E-state index in [4.69, 9.17) is 0 Å². The Balaban J connectivity index is 1.88. The van der Waals surface area contributed by atoms with Gasteiger partial charge in [-0.05, 0) is 25.8 Å². The van der Waals surface area contributed by atoms with E-state index in [0.29, 0.717) is 6.04 Å². The molecule has 1 heterocycles. The van der Waals surface area contributed by atoms with E-state index in [1.54, 1.807) is 0 Å². The molecule has 0 spiro atoms. The van der Waals surface area contributed by atoms with Crippen LogP contribution in [0.5, 0.6) is 0 Å². The van der Waals surface area contributed by atoms with Gasteiger partial charge in [0.25, 0.3) is 0 Å². The van der Waals surface area contributed by atoms with Crippen LogP contribution in [0.3, 0.4) is 0 Å². The molecule has 16 heavy (non-hydrogen) atoms. The maximum Gasteiger partial charge on any atom is 0.225 e. The largest absolute Gasteiger partial charge is 0.341 e. The van der Waals surface area contributed by atoms with Crippen LogP contribution < -0.4 is 10.2 Å². The molecule has 0 aliphatic heterocycles. The Labute approximate surface area is 97.1 Å². The van der Waals surface area contributed by atoms with Gasteiger partial charge < -0.3 is 10.2 Å². The monoisotopic (exact) mass is 220 g/mol. The normalized spacial score (nSPS) is 15.1. The summed E-state index contributed by atoms with van der Waals surface area (Å²) in [6, 6.07) is 0.670. The lowest BCUT2D eigenvalue weighted by Crippen LogP contribution is -2.22. The average molecular weight is 220 g/mol. The fraction of sp³-hybridized carbons (Fsp3) is 0.667. The number of nitrogens with zero attached hydrogens (tertiary/aromatic N) is 3. The summed E-state index contributed by atoms with van der Waals surface area (Å²) >= 11 is 0. The van der Waals surface area contributed by atoms with E-state index in [9.17, 15) is 0 Å². The molecule has 1 fully saturated rings. The standard InChI is InChI=1S/C12H20N4/c1-3-6-13-7-10-8-14-12(15-9-10)16(2)11-4-5-11/h8-9,11,13H,3-7H2,1-2H3. The first-order valence-electron chi connectivity index (χ1n) is 6.05. The van der Waals surface area contributed by atoms with Crippen molar-refractivity contribution in [2.24, 2.45) is 0 Å². The lowest BCUT2D eigenvalue weighted by molar-refractivity contribution is 0.671. The molecule has 88 valence electrons. The van der Waals surface area contributed by atoms with Crippen LogP contribution in [0.2, 0.25) is 0 Å². The van der Waals surface area contributed by atoms with Crippen LogP contribution in [0, 0.1) is 0 Å². The van der Waals surface area contributed by atoms with Gasteiger partial charge in [0.15, 0.2) is 0 Å². The van der Waals surface area contributed by atoms with E-state index in [0.717, 1.165) is 31.0 Å². The second-order valence-electron chi connectivity index (χ2n) is 4.41.